The zero-order chi connectivity index (χ0) is 26.9. The molecular formula is C25H23F6N3O3. The van der Waals surface area contributed by atoms with Gasteiger partial charge in [-0.05, 0) is 37.0 Å². The fourth-order valence-electron chi connectivity index (χ4n) is 4.70. The molecule has 6 nitrogen and oxygen atoms in total. The fourth-order valence-corrected chi connectivity index (χ4v) is 4.70. The summed E-state index contributed by atoms with van der Waals surface area (Å²) < 4.78 is 82.9. The second kappa shape index (κ2) is 10.4. The van der Waals surface area contributed by atoms with E-state index in [0.717, 1.165) is 12.1 Å². The Labute approximate surface area is 207 Å². The van der Waals surface area contributed by atoms with E-state index in [2.05, 4.69) is 15.3 Å². The number of carboxylic acid groups (broad SMARTS) is 1. The molecule has 0 spiro atoms. The molecule has 1 aliphatic carbocycles. The van der Waals surface area contributed by atoms with E-state index in [-0.39, 0.29) is 35.3 Å². The third kappa shape index (κ3) is 5.72. The van der Waals surface area contributed by atoms with Crippen LogP contribution >= 0.6 is 0 Å². The number of amides is 1. The van der Waals surface area contributed by atoms with Gasteiger partial charge in [0.25, 0.3) is 5.91 Å². The highest BCUT2D eigenvalue weighted by atomic mass is 19.3. The number of benzene rings is 2. The number of alkyl halides is 4. The number of hydrogen-bond acceptors (Lipinski definition) is 3. The Morgan fingerprint density at radius 3 is 2.41 bits per heavy atom. The van der Waals surface area contributed by atoms with E-state index in [1.807, 2.05) is 0 Å². The number of rotatable bonds is 8. The number of H-pyrrole nitrogens is 1. The summed E-state index contributed by atoms with van der Waals surface area (Å²) in [6.45, 7) is 0. The van der Waals surface area contributed by atoms with Gasteiger partial charge in [0.1, 0.15) is 17.2 Å². The van der Waals surface area contributed by atoms with Crippen LogP contribution in [-0.4, -0.2) is 39.3 Å². The molecule has 3 aromatic rings. The summed E-state index contributed by atoms with van der Waals surface area (Å²) in [5.41, 5.74) is -1.03. The molecule has 198 valence electrons. The van der Waals surface area contributed by atoms with Gasteiger partial charge in [-0.15, -0.1) is 0 Å². The van der Waals surface area contributed by atoms with Crippen molar-refractivity contribution in [3.8, 4) is 0 Å². The van der Waals surface area contributed by atoms with Gasteiger partial charge in [-0.2, -0.15) is 0 Å². The average Bonchev–Trinajstić information content (AvgIpc) is 3.27. The number of carboxylic acids is 1. The Hall–Kier alpha value is -3.57. The van der Waals surface area contributed by atoms with Crippen LogP contribution in [0.1, 0.15) is 65.8 Å². The Bertz CT molecular complexity index is 1300. The largest absolute Gasteiger partial charge is 0.481 e. The number of hydrogen-bond donors (Lipinski definition) is 3. The summed E-state index contributed by atoms with van der Waals surface area (Å²) >= 11 is 0. The molecular weight excluding hydrogens is 504 g/mol. The smallest absolute Gasteiger partial charge is 0.311 e. The summed E-state index contributed by atoms with van der Waals surface area (Å²) in [5.74, 6) is -9.63. The number of nitrogens with zero attached hydrogens (tertiary/aromatic N) is 1. The summed E-state index contributed by atoms with van der Waals surface area (Å²) in [6, 6.07) is 6.48. The number of fused-ring (bicyclic) bond motifs is 1. The number of carbonyl (C=O) groups is 2. The molecule has 2 atom stereocenters. The summed E-state index contributed by atoms with van der Waals surface area (Å²) in [5, 5.41) is 12.0. The maximum Gasteiger partial charge on any atom is 0.311 e. The number of carbonyl (C=O) groups excluding carboxylic acids is 1. The standard InChI is InChI=1S/C25H23F6N3O3/c26-16-4-2-1-3-14(16)23(35)34-20(12-7-9-25(30,31)10-8-12)22-32-17-6-5-13(19(29)21(17)33-22)15(24(36)37)11-18(27)28/h1-6,12,15,18,20H,7-11H2,(H,32,33)(H,34,35)(H,36,37)/t15?,20-/m0/s1. The lowest BCUT2D eigenvalue weighted by Crippen LogP contribution is -2.38. The van der Waals surface area contributed by atoms with Crippen molar-refractivity contribution in [2.45, 2.75) is 56.4 Å². The topological polar surface area (TPSA) is 95.1 Å². The minimum absolute atomic E-state index is 0.00449. The lowest BCUT2D eigenvalue weighted by molar-refractivity contribution is -0.140. The second-order valence-electron chi connectivity index (χ2n) is 9.13. The summed E-state index contributed by atoms with van der Waals surface area (Å²) in [4.78, 5) is 31.4. The molecule has 4 rings (SSSR count). The van der Waals surface area contributed by atoms with Crippen molar-refractivity contribution in [2.75, 3.05) is 0 Å². The van der Waals surface area contributed by atoms with E-state index >= 15 is 4.39 Å². The maximum atomic E-state index is 15.3. The number of imidazole rings is 1. The van der Waals surface area contributed by atoms with Gasteiger partial charge in [-0.25, -0.2) is 31.3 Å². The van der Waals surface area contributed by atoms with Crippen LogP contribution in [0, 0.1) is 17.6 Å². The van der Waals surface area contributed by atoms with Crippen LogP contribution in [0.5, 0.6) is 0 Å². The molecule has 1 unspecified atom stereocenters. The van der Waals surface area contributed by atoms with Crippen LogP contribution < -0.4 is 5.32 Å². The zero-order valence-corrected chi connectivity index (χ0v) is 19.3. The van der Waals surface area contributed by atoms with Crippen molar-refractivity contribution >= 4 is 22.9 Å². The van der Waals surface area contributed by atoms with Crippen LogP contribution in [0.4, 0.5) is 26.3 Å². The van der Waals surface area contributed by atoms with Gasteiger partial charge in [0.05, 0.1) is 23.0 Å². The first-order valence-corrected chi connectivity index (χ1v) is 11.6. The third-order valence-electron chi connectivity index (χ3n) is 6.66. The normalized spacial score (nSPS) is 17.6. The monoisotopic (exact) mass is 527 g/mol. The summed E-state index contributed by atoms with van der Waals surface area (Å²) in [6.07, 6.45) is -5.00. The van der Waals surface area contributed by atoms with E-state index in [1.165, 1.54) is 24.3 Å². The van der Waals surface area contributed by atoms with Crippen molar-refractivity contribution in [1.82, 2.24) is 15.3 Å². The number of nitrogens with one attached hydrogen (secondary N) is 2. The molecule has 12 heteroatoms. The van der Waals surface area contributed by atoms with Crippen molar-refractivity contribution in [3.63, 3.8) is 0 Å². The van der Waals surface area contributed by atoms with Crippen molar-refractivity contribution in [2.24, 2.45) is 5.92 Å². The molecule has 37 heavy (non-hydrogen) atoms. The molecule has 0 bridgehead atoms. The maximum absolute atomic E-state index is 15.3. The average molecular weight is 527 g/mol. The first-order valence-electron chi connectivity index (χ1n) is 11.6. The zero-order valence-electron chi connectivity index (χ0n) is 19.3. The fraction of sp³-hybridized carbons (Fsp3) is 0.400. The van der Waals surface area contributed by atoms with Crippen LogP contribution in [-0.2, 0) is 4.79 Å². The highest BCUT2D eigenvalue weighted by Gasteiger charge is 2.40. The van der Waals surface area contributed by atoms with E-state index in [1.54, 1.807) is 0 Å². The van der Waals surface area contributed by atoms with Crippen molar-refractivity contribution in [3.05, 3.63) is 65.0 Å². The molecule has 3 N–H and O–H groups in total. The van der Waals surface area contributed by atoms with Gasteiger partial charge in [-0.1, -0.05) is 18.2 Å². The molecule has 1 saturated carbocycles. The van der Waals surface area contributed by atoms with Crippen LogP contribution in [0.15, 0.2) is 36.4 Å². The van der Waals surface area contributed by atoms with E-state index in [4.69, 9.17) is 0 Å². The predicted molar refractivity (Wildman–Crippen MR) is 121 cm³/mol. The molecule has 1 aromatic heterocycles. The molecule has 0 aliphatic heterocycles. The van der Waals surface area contributed by atoms with E-state index in [9.17, 15) is 36.6 Å². The van der Waals surface area contributed by atoms with E-state index < -0.39 is 78.6 Å². The Kier molecular flexibility index (Phi) is 7.47. The SMILES string of the molecule is O=C(N[C@H](c1nc2c(F)c(C(CC(F)F)C(=O)O)ccc2[nH]1)C1CCC(F)(F)CC1)c1ccccc1F. The number of aromatic nitrogens is 2. The first kappa shape index (κ1) is 26.5. The molecule has 2 aromatic carbocycles. The molecule has 1 amide bonds. The van der Waals surface area contributed by atoms with Gasteiger partial charge < -0.3 is 15.4 Å². The Morgan fingerprint density at radius 2 is 1.78 bits per heavy atom. The quantitative estimate of drug-likeness (QED) is 0.315. The van der Waals surface area contributed by atoms with E-state index in [0.29, 0.717) is 0 Å². The minimum atomic E-state index is -2.99. The lowest BCUT2D eigenvalue weighted by atomic mass is 9.81. The highest BCUT2D eigenvalue weighted by molar-refractivity contribution is 5.94. The Balaban J connectivity index is 1.72. The van der Waals surface area contributed by atoms with Crippen molar-refractivity contribution < 1.29 is 41.0 Å². The molecule has 1 heterocycles. The molecule has 1 aliphatic rings. The van der Waals surface area contributed by atoms with Gasteiger partial charge in [0.15, 0.2) is 5.82 Å². The van der Waals surface area contributed by atoms with Gasteiger partial charge >= 0.3 is 5.97 Å². The van der Waals surface area contributed by atoms with Gasteiger partial charge in [0, 0.05) is 24.8 Å². The predicted octanol–water partition coefficient (Wildman–Crippen LogP) is 5.96. The van der Waals surface area contributed by atoms with Gasteiger partial charge in [0.2, 0.25) is 12.3 Å². The van der Waals surface area contributed by atoms with Crippen LogP contribution in [0.3, 0.4) is 0 Å². The molecule has 1 fully saturated rings. The van der Waals surface area contributed by atoms with Crippen LogP contribution in [0.25, 0.3) is 11.0 Å². The third-order valence-corrected chi connectivity index (χ3v) is 6.66. The first-order chi connectivity index (χ1) is 17.5. The lowest BCUT2D eigenvalue weighted by Gasteiger charge is -2.33. The van der Waals surface area contributed by atoms with Gasteiger partial charge in [-0.3, -0.25) is 9.59 Å². The van der Waals surface area contributed by atoms with Crippen LogP contribution in [0.2, 0.25) is 0 Å². The molecule has 0 radical (unpaired) electrons. The Morgan fingerprint density at radius 1 is 1.11 bits per heavy atom. The number of aromatic amines is 1. The summed E-state index contributed by atoms with van der Waals surface area (Å²) in [7, 11) is 0. The number of halogens is 6. The minimum Gasteiger partial charge on any atom is -0.481 e. The van der Waals surface area contributed by atoms with Crippen molar-refractivity contribution in [1.29, 1.82) is 0 Å². The second-order valence-corrected chi connectivity index (χ2v) is 9.13. The molecule has 0 saturated heterocycles. The highest BCUT2D eigenvalue weighted by Crippen LogP contribution is 2.41. The number of aliphatic carboxylic acids is 1.